The van der Waals surface area contributed by atoms with Crippen LogP contribution < -0.4 is 0 Å². The highest BCUT2D eigenvalue weighted by Crippen LogP contribution is 2.28. The van der Waals surface area contributed by atoms with E-state index in [1.807, 2.05) is 38.1 Å². The summed E-state index contributed by atoms with van der Waals surface area (Å²) in [6.07, 6.45) is 1.30. The minimum Gasteiger partial charge on any atom is -0.451 e. The lowest BCUT2D eigenvalue weighted by atomic mass is 10.1. The van der Waals surface area contributed by atoms with E-state index in [1.165, 1.54) is 6.26 Å². The summed E-state index contributed by atoms with van der Waals surface area (Å²) in [5.74, 6) is 0.342. The van der Waals surface area contributed by atoms with Crippen molar-refractivity contribution in [3.63, 3.8) is 0 Å². The molecule has 3 rings (SSSR count). The standard InChI is InChI=1S/C20H28N2O5S/c1-15(2)26-14-17-16-6-4-5-7-18(16)27-19(17)20(23)22-10-8-21(9-11-22)12-13-28(3,24)25/h4-7,15H,8-14H2,1-3H3. The molecule has 1 aliphatic rings. The first-order valence-corrected chi connectivity index (χ1v) is 11.6. The zero-order chi connectivity index (χ0) is 20.3. The number of ether oxygens (including phenoxy) is 1. The zero-order valence-corrected chi connectivity index (χ0v) is 17.5. The lowest BCUT2D eigenvalue weighted by Gasteiger charge is -2.34. The Morgan fingerprint density at radius 3 is 2.50 bits per heavy atom. The molecular formula is C20H28N2O5S. The summed E-state index contributed by atoms with van der Waals surface area (Å²) in [6, 6.07) is 7.60. The van der Waals surface area contributed by atoms with Crippen molar-refractivity contribution < 1.29 is 22.4 Å². The smallest absolute Gasteiger partial charge is 0.290 e. The highest BCUT2D eigenvalue weighted by molar-refractivity contribution is 7.90. The van der Waals surface area contributed by atoms with Crippen molar-refractivity contribution in [3.05, 3.63) is 35.6 Å². The number of fused-ring (bicyclic) bond motifs is 1. The summed E-state index contributed by atoms with van der Waals surface area (Å²) < 4.78 is 34.4. The predicted octanol–water partition coefficient (Wildman–Crippen LogP) is 2.16. The van der Waals surface area contributed by atoms with Gasteiger partial charge in [-0.15, -0.1) is 0 Å². The van der Waals surface area contributed by atoms with E-state index in [1.54, 1.807) is 4.90 Å². The number of piperazine rings is 1. The third-order valence-electron chi connectivity index (χ3n) is 4.89. The normalized spacial score (nSPS) is 16.2. The Morgan fingerprint density at radius 2 is 1.86 bits per heavy atom. The van der Waals surface area contributed by atoms with E-state index in [2.05, 4.69) is 4.90 Å². The second-order valence-corrected chi connectivity index (χ2v) is 9.79. The molecule has 0 radical (unpaired) electrons. The summed E-state index contributed by atoms with van der Waals surface area (Å²) >= 11 is 0. The van der Waals surface area contributed by atoms with Crippen LogP contribution in [0.3, 0.4) is 0 Å². The van der Waals surface area contributed by atoms with Gasteiger partial charge < -0.3 is 14.1 Å². The average molecular weight is 409 g/mol. The van der Waals surface area contributed by atoms with Gasteiger partial charge in [-0.3, -0.25) is 9.69 Å². The van der Waals surface area contributed by atoms with Crippen LogP contribution in [0.1, 0.15) is 30.0 Å². The van der Waals surface area contributed by atoms with E-state index in [9.17, 15) is 13.2 Å². The first-order valence-electron chi connectivity index (χ1n) is 9.56. The molecule has 0 spiro atoms. The van der Waals surface area contributed by atoms with Gasteiger partial charge in [-0.05, 0) is 19.9 Å². The van der Waals surface area contributed by atoms with Gasteiger partial charge in [0, 0.05) is 49.9 Å². The summed E-state index contributed by atoms with van der Waals surface area (Å²) in [5, 5.41) is 0.901. The van der Waals surface area contributed by atoms with Crippen molar-refractivity contribution in [1.29, 1.82) is 0 Å². The number of sulfone groups is 1. The van der Waals surface area contributed by atoms with E-state index < -0.39 is 9.84 Å². The van der Waals surface area contributed by atoms with Crippen molar-refractivity contribution in [2.24, 2.45) is 0 Å². The molecule has 0 atom stereocenters. The van der Waals surface area contributed by atoms with E-state index >= 15 is 0 Å². The minimum atomic E-state index is -2.98. The van der Waals surface area contributed by atoms with Crippen LogP contribution in [-0.4, -0.2) is 75.0 Å². The highest BCUT2D eigenvalue weighted by atomic mass is 32.2. The molecule has 154 valence electrons. The van der Waals surface area contributed by atoms with Gasteiger partial charge in [0.1, 0.15) is 15.4 Å². The number of para-hydroxylation sites is 1. The molecule has 2 aromatic rings. The first kappa shape index (κ1) is 20.8. The Labute approximate surface area is 166 Å². The molecule has 0 aliphatic carbocycles. The quantitative estimate of drug-likeness (QED) is 0.699. The van der Waals surface area contributed by atoms with Crippen LogP contribution in [0.25, 0.3) is 11.0 Å². The van der Waals surface area contributed by atoms with Gasteiger partial charge in [0.15, 0.2) is 5.76 Å². The van der Waals surface area contributed by atoms with Crippen LogP contribution in [0, 0.1) is 0 Å². The van der Waals surface area contributed by atoms with Gasteiger partial charge in [0.25, 0.3) is 5.91 Å². The molecule has 0 N–H and O–H groups in total. The Kier molecular flexibility index (Phi) is 6.42. The van der Waals surface area contributed by atoms with Crippen molar-refractivity contribution in [3.8, 4) is 0 Å². The molecule has 0 saturated carbocycles. The maximum absolute atomic E-state index is 13.1. The monoisotopic (exact) mass is 408 g/mol. The molecule has 8 heteroatoms. The minimum absolute atomic E-state index is 0.0509. The number of nitrogens with zero attached hydrogens (tertiary/aromatic N) is 2. The molecule has 1 fully saturated rings. The summed E-state index contributed by atoms with van der Waals surface area (Å²) in [4.78, 5) is 17.0. The first-order chi connectivity index (χ1) is 13.2. The van der Waals surface area contributed by atoms with Gasteiger partial charge in [0.05, 0.1) is 18.5 Å². The molecule has 7 nitrogen and oxygen atoms in total. The van der Waals surface area contributed by atoms with Crippen LogP contribution in [0.4, 0.5) is 0 Å². The number of hydrogen-bond acceptors (Lipinski definition) is 6. The van der Waals surface area contributed by atoms with E-state index in [0.717, 1.165) is 10.9 Å². The van der Waals surface area contributed by atoms with Crippen LogP contribution in [0.15, 0.2) is 28.7 Å². The molecule has 0 bridgehead atoms. The summed E-state index contributed by atoms with van der Waals surface area (Å²) in [7, 11) is -2.98. The van der Waals surface area contributed by atoms with E-state index in [-0.39, 0.29) is 17.8 Å². The summed E-state index contributed by atoms with van der Waals surface area (Å²) in [5.41, 5.74) is 1.47. The van der Waals surface area contributed by atoms with Crippen LogP contribution in [-0.2, 0) is 21.2 Å². The fourth-order valence-corrected chi connectivity index (χ4v) is 3.87. The van der Waals surface area contributed by atoms with E-state index in [4.69, 9.17) is 9.15 Å². The van der Waals surface area contributed by atoms with Crippen molar-refractivity contribution >= 4 is 26.7 Å². The lowest BCUT2D eigenvalue weighted by Crippen LogP contribution is -2.49. The van der Waals surface area contributed by atoms with Gasteiger partial charge in [0.2, 0.25) is 0 Å². The van der Waals surface area contributed by atoms with Crippen LogP contribution in [0.2, 0.25) is 0 Å². The van der Waals surface area contributed by atoms with Crippen molar-refractivity contribution in [2.45, 2.75) is 26.6 Å². The molecule has 1 amide bonds. The fraction of sp³-hybridized carbons (Fsp3) is 0.550. The molecule has 2 heterocycles. The van der Waals surface area contributed by atoms with Gasteiger partial charge >= 0.3 is 0 Å². The number of rotatable bonds is 7. The topological polar surface area (TPSA) is 80.1 Å². The number of hydrogen-bond donors (Lipinski definition) is 0. The van der Waals surface area contributed by atoms with Crippen molar-refractivity contribution in [2.75, 3.05) is 44.7 Å². The maximum Gasteiger partial charge on any atom is 0.290 e. The Morgan fingerprint density at radius 1 is 1.18 bits per heavy atom. The van der Waals surface area contributed by atoms with Gasteiger partial charge in [-0.2, -0.15) is 0 Å². The number of carbonyl (C=O) groups is 1. The Hall–Kier alpha value is -1.90. The SMILES string of the molecule is CC(C)OCc1c(C(=O)N2CCN(CCS(C)(=O)=O)CC2)oc2ccccc12. The molecule has 28 heavy (non-hydrogen) atoms. The fourth-order valence-electron chi connectivity index (χ4n) is 3.28. The Balaban J connectivity index is 1.72. The largest absolute Gasteiger partial charge is 0.451 e. The predicted molar refractivity (Wildman–Crippen MR) is 108 cm³/mol. The zero-order valence-electron chi connectivity index (χ0n) is 16.7. The molecule has 1 aliphatic heterocycles. The second kappa shape index (κ2) is 8.63. The van der Waals surface area contributed by atoms with Gasteiger partial charge in [-0.1, -0.05) is 18.2 Å². The maximum atomic E-state index is 13.1. The second-order valence-electron chi connectivity index (χ2n) is 7.53. The number of amides is 1. The van der Waals surface area contributed by atoms with E-state index in [0.29, 0.717) is 50.7 Å². The Bertz CT molecular complexity index is 927. The molecule has 0 unspecified atom stereocenters. The number of furan rings is 1. The third-order valence-corrected chi connectivity index (χ3v) is 5.82. The van der Waals surface area contributed by atoms with Crippen LogP contribution in [0.5, 0.6) is 0 Å². The molecule has 1 aromatic carbocycles. The molecule has 1 aromatic heterocycles. The van der Waals surface area contributed by atoms with Crippen LogP contribution >= 0.6 is 0 Å². The summed E-state index contributed by atoms with van der Waals surface area (Å²) in [6.45, 7) is 7.13. The third kappa shape index (κ3) is 5.12. The highest BCUT2D eigenvalue weighted by Gasteiger charge is 2.28. The molecule has 1 saturated heterocycles. The number of benzene rings is 1. The number of carbonyl (C=O) groups excluding carboxylic acids is 1. The average Bonchev–Trinajstić information content (AvgIpc) is 3.02. The van der Waals surface area contributed by atoms with Gasteiger partial charge in [-0.25, -0.2) is 8.42 Å². The van der Waals surface area contributed by atoms with Crippen molar-refractivity contribution in [1.82, 2.24) is 9.80 Å². The lowest BCUT2D eigenvalue weighted by molar-refractivity contribution is 0.0560. The molecular weight excluding hydrogens is 380 g/mol.